The van der Waals surface area contributed by atoms with E-state index in [1.807, 2.05) is 26.4 Å². The topological polar surface area (TPSA) is 53.1 Å². The van der Waals surface area contributed by atoms with Crippen LogP contribution in [0, 0.1) is 5.92 Å². The summed E-state index contributed by atoms with van der Waals surface area (Å²) in [7, 11) is 1.91. The van der Waals surface area contributed by atoms with E-state index in [1.165, 1.54) is 25.7 Å². The molecule has 0 bridgehead atoms. The first-order chi connectivity index (χ1) is 8.16. The number of aromatic nitrogens is 2. The highest BCUT2D eigenvalue weighted by Crippen LogP contribution is 2.30. The Balaban J connectivity index is 1.84. The summed E-state index contributed by atoms with van der Waals surface area (Å²) in [6.07, 6.45) is 9.12. The van der Waals surface area contributed by atoms with E-state index in [4.69, 9.17) is 10.5 Å². The van der Waals surface area contributed by atoms with Gasteiger partial charge in [-0.05, 0) is 19.3 Å². The molecule has 0 amide bonds. The first kappa shape index (κ1) is 12.6. The molecule has 2 rings (SSSR count). The van der Waals surface area contributed by atoms with Crippen LogP contribution in [-0.2, 0) is 11.8 Å². The Morgan fingerprint density at radius 3 is 2.82 bits per heavy atom. The van der Waals surface area contributed by atoms with Gasteiger partial charge in [0.25, 0.3) is 0 Å². The molecule has 0 saturated heterocycles. The van der Waals surface area contributed by atoms with Gasteiger partial charge < -0.3 is 10.5 Å². The van der Waals surface area contributed by atoms with Crippen LogP contribution in [-0.4, -0.2) is 22.4 Å². The van der Waals surface area contributed by atoms with Gasteiger partial charge in [0.15, 0.2) is 0 Å². The lowest BCUT2D eigenvalue weighted by molar-refractivity contribution is 0.0245. The van der Waals surface area contributed by atoms with Crippen LogP contribution in [0.4, 0.5) is 0 Å². The van der Waals surface area contributed by atoms with E-state index < -0.39 is 0 Å². The molecule has 0 aromatic carbocycles. The molecule has 4 nitrogen and oxygen atoms in total. The molecular formula is C13H23N3O. The highest BCUT2D eigenvalue weighted by atomic mass is 16.5. The van der Waals surface area contributed by atoms with E-state index in [1.54, 1.807) is 4.68 Å². The van der Waals surface area contributed by atoms with E-state index in [0.29, 0.717) is 0 Å². The molecule has 2 N–H and O–H groups in total. The van der Waals surface area contributed by atoms with Gasteiger partial charge in [0.2, 0.25) is 0 Å². The zero-order valence-corrected chi connectivity index (χ0v) is 10.8. The Morgan fingerprint density at radius 1 is 1.59 bits per heavy atom. The van der Waals surface area contributed by atoms with Gasteiger partial charge in [-0.2, -0.15) is 5.10 Å². The van der Waals surface area contributed by atoms with E-state index in [0.717, 1.165) is 18.1 Å². The number of ether oxygens (including phenoxy) is 1. The number of nitrogens with zero attached hydrogens (tertiary/aromatic N) is 2. The quantitative estimate of drug-likeness (QED) is 0.823. The fourth-order valence-electron chi connectivity index (χ4n) is 2.28. The minimum absolute atomic E-state index is 0.000547. The molecule has 0 radical (unpaired) electrons. The van der Waals surface area contributed by atoms with Crippen LogP contribution in [0.25, 0.3) is 0 Å². The Kier molecular flexibility index (Phi) is 4.18. The lowest BCUT2D eigenvalue weighted by Crippen LogP contribution is -2.27. The second-order valence-corrected chi connectivity index (χ2v) is 5.18. The van der Waals surface area contributed by atoms with Crippen molar-refractivity contribution in [3.8, 4) is 0 Å². The van der Waals surface area contributed by atoms with Gasteiger partial charge in [0, 0.05) is 31.5 Å². The van der Waals surface area contributed by atoms with E-state index in [9.17, 15) is 0 Å². The summed E-state index contributed by atoms with van der Waals surface area (Å²) in [5.74, 6) is 0.887. The van der Waals surface area contributed by atoms with Gasteiger partial charge in [0.1, 0.15) is 6.10 Å². The number of hydrogen-bond donors (Lipinski definition) is 1. The molecule has 4 heteroatoms. The van der Waals surface area contributed by atoms with Crippen LogP contribution >= 0.6 is 0 Å². The second kappa shape index (κ2) is 5.65. The standard InChI is InChI=1S/C13H23N3O/c1-10(14)13(12-8-15-16(2)9-12)17-7-6-11-4-3-5-11/h8-11,13H,3-7,14H2,1-2H3. The summed E-state index contributed by atoms with van der Waals surface area (Å²) in [6, 6.07) is 0.000547. The fraction of sp³-hybridized carbons (Fsp3) is 0.769. The van der Waals surface area contributed by atoms with Crippen molar-refractivity contribution in [3.05, 3.63) is 18.0 Å². The van der Waals surface area contributed by atoms with Crippen LogP contribution in [0.5, 0.6) is 0 Å². The van der Waals surface area contributed by atoms with Gasteiger partial charge >= 0.3 is 0 Å². The summed E-state index contributed by atoms with van der Waals surface area (Å²) in [5, 5.41) is 4.17. The average Bonchev–Trinajstić information content (AvgIpc) is 2.61. The molecule has 1 heterocycles. The first-order valence-electron chi connectivity index (χ1n) is 6.52. The van der Waals surface area contributed by atoms with Crippen molar-refractivity contribution < 1.29 is 4.74 Å². The fourth-order valence-corrected chi connectivity index (χ4v) is 2.28. The number of nitrogens with two attached hydrogens (primary N) is 1. The Hall–Kier alpha value is -0.870. The van der Waals surface area contributed by atoms with Crippen molar-refractivity contribution in [2.45, 2.75) is 44.8 Å². The van der Waals surface area contributed by atoms with Crippen molar-refractivity contribution in [3.63, 3.8) is 0 Å². The van der Waals surface area contributed by atoms with Crippen molar-refractivity contribution in [1.29, 1.82) is 0 Å². The highest BCUT2D eigenvalue weighted by molar-refractivity contribution is 5.10. The highest BCUT2D eigenvalue weighted by Gasteiger charge is 2.21. The summed E-state index contributed by atoms with van der Waals surface area (Å²) >= 11 is 0. The lowest BCUT2D eigenvalue weighted by atomic mass is 9.83. The van der Waals surface area contributed by atoms with Crippen LogP contribution in [0.3, 0.4) is 0 Å². The first-order valence-corrected chi connectivity index (χ1v) is 6.52. The normalized spacial score (nSPS) is 19.9. The van der Waals surface area contributed by atoms with Crippen molar-refractivity contribution in [2.75, 3.05) is 6.61 Å². The monoisotopic (exact) mass is 237 g/mol. The van der Waals surface area contributed by atoms with Crippen molar-refractivity contribution >= 4 is 0 Å². The zero-order valence-electron chi connectivity index (χ0n) is 10.8. The summed E-state index contributed by atoms with van der Waals surface area (Å²) in [5.41, 5.74) is 7.06. The van der Waals surface area contributed by atoms with Gasteiger partial charge in [-0.1, -0.05) is 19.3 Å². The third-order valence-electron chi connectivity index (χ3n) is 3.58. The van der Waals surface area contributed by atoms with Crippen LogP contribution in [0.1, 0.15) is 44.3 Å². The molecule has 1 fully saturated rings. The molecule has 0 spiro atoms. The van der Waals surface area contributed by atoms with E-state index in [2.05, 4.69) is 5.10 Å². The van der Waals surface area contributed by atoms with Crippen LogP contribution in [0.15, 0.2) is 12.4 Å². The molecule has 1 aromatic rings. The molecule has 0 aliphatic heterocycles. The maximum atomic E-state index is 5.98. The van der Waals surface area contributed by atoms with E-state index >= 15 is 0 Å². The summed E-state index contributed by atoms with van der Waals surface area (Å²) in [6.45, 7) is 2.80. The molecule has 1 aliphatic rings. The maximum Gasteiger partial charge on any atom is 0.100 e. The van der Waals surface area contributed by atoms with Crippen molar-refractivity contribution in [2.24, 2.45) is 18.7 Å². The number of aryl methyl sites for hydroxylation is 1. The smallest absolute Gasteiger partial charge is 0.100 e. The molecular weight excluding hydrogens is 214 g/mol. The van der Waals surface area contributed by atoms with Gasteiger partial charge in [0.05, 0.1) is 6.20 Å². The van der Waals surface area contributed by atoms with Gasteiger partial charge in [-0.15, -0.1) is 0 Å². The Labute approximate surface area is 103 Å². The largest absolute Gasteiger partial charge is 0.372 e. The zero-order chi connectivity index (χ0) is 12.3. The van der Waals surface area contributed by atoms with Gasteiger partial charge in [-0.3, -0.25) is 4.68 Å². The average molecular weight is 237 g/mol. The minimum Gasteiger partial charge on any atom is -0.372 e. The van der Waals surface area contributed by atoms with E-state index in [-0.39, 0.29) is 12.1 Å². The van der Waals surface area contributed by atoms with Gasteiger partial charge in [-0.25, -0.2) is 0 Å². The maximum absolute atomic E-state index is 5.98. The number of hydrogen-bond acceptors (Lipinski definition) is 3. The predicted octanol–water partition coefficient (Wildman–Crippen LogP) is 2.02. The Bertz CT molecular complexity index is 344. The third kappa shape index (κ3) is 3.30. The molecule has 17 heavy (non-hydrogen) atoms. The van der Waals surface area contributed by atoms with Crippen LogP contribution < -0.4 is 5.73 Å². The lowest BCUT2D eigenvalue weighted by Gasteiger charge is -2.27. The second-order valence-electron chi connectivity index (χ2n) is 5.18. The predicted molar refractivity (Wildman–Crippen MR) is 67.5 cm³/mol. The molecule has 1 saturated carbocycles. The van der Waals surface area contributed by atoms with Crippen molar-refractivity contribution in [1.82, 2.24) is 9.78 Å². The Morgan fingerprint density at radius 2 is 2.35 bits per heavy atom. The number of rotatable bonds is 6. The summed E-state index contributed by atoms with van der Waals surface area (Å²) < 4.78 is 7.72. The molecule has 1 aliphatic carbocycles. The third-order valence-corrected chi connectivity index (χ3v) is 3.58. The molecule has 2 atom stereocenters. The SMILES string of the molecule is CC(N)C(OCCC1CCC1)c1cnn(C)c1. The molecule has 2 unspecified atom stereocenters. The van der Waals surface area contributed by atoms with Crippen LogP contribution in [0.2, 0.25) is 0 Å². The summed E-state index contributed by atoms with van der Waals surface area (Å²) in [4.78, 5) is 0. The minimum atomic E-state index is -0.0243. The molecule has 96 valence electrons. The molecule has 1 aromatic heterocycles.